The molecule has 0 bridgehead atoms. The molecular weight excluding hydrogens is 218 g/mol. The number of likely N-dealkylation sites (N-methyl/N-ethyl adjacent to an activating group) is 1. The number of aryl methyl sites for hydroxylation is 1. The van der Waals surface area contributed by atoms with Crippen LogP contribution in [0, 0.1) is 6.92 Å². The molecule has 2 rings (SSSR count). The highest BCUT2D eigenvalue weighted by atomic mass is 32.1. The molecule has 0 aromatic carbocycles. The molecule has 90 valence electrons. The summed E-state index contributed by atoms with van der Waals surface area (Å²) >= 11 is 1.82. The highest BCUT2D eigenvalue weighted by molar-refractivity contribution is 7.10. The Morgan fingerprint density at radius 3 is 2.81 bits per heavy atom. The molecule has 1 aromatic rings. The summed E-state index contributed by atoms with van der Waals surface area (Å²) in [4.78, 5) is 1.40. The minimum atomic E-state index is -0.0428. The Bertz CT molecular complexity index is 341. The topological polar surface area (TPSA) is 21.3 Å². The van der Waals surface area contributed by atoms with Gasteiger partial charge in [0.05, 0.1) is 11.6 Å². The van der Waals surface area contributed by atoms with E-state index >= 15 is 0 Å². The second kappa shape index (κ2) is 4.86. The Hall–Kier alpha value is -0.380. The van der Waals surface area contributed by atoms with Crippen LogP contribution in [0.2, 0.25) is 0 Å². The fourth-order valence-electron chi connectivity index (χ4n) is 2.67. The highest BCUT2D eigenvalue weighted by Gasteiger charge is 2.37. The zero-order valence-corrected chi connectivity index (χ0v) is 11.2. The van der Waals surface area contributed by atoms with E-state index in [-0.39, 0.29) is 5.60 Å². The van der Waals surface area contributed by atoms with Crippen molar-refractivity contribution in [3.8, 4) is 0 Å². The zero-order valence-electron chi connectivity index (χ0n) is 10.4. The first kappa shape index (κ1) is 12.1. The number of thiophene rings is 1. The normalized spacial score (nSPS) is 27.9. The van der Waals surface area contributed by atoms with Crippen LogP contribution >= 0.6 is 11.3 Å². The summed E-state index contributed by atoms with van der Waals surface area (Å²) in [6, 6.07) is 2.55. The van der Waals surface area contributed by atoms with Gasteiger partial charge in [-0.05, 0) is 57.2 Å². The summed E-state index contributed by atoms with van der Waals surface area (Å²) in [6.07, 6.45) is 3.63. The third kappa shape index (κ3) is 2.17. The third-order valence-electron chi connectivity index (χ3n) is 3.61. The maximum Gasteiger partial charge on any atom is 0.0848 e. The van der Waals surface area contributed by atoms with Gasteiger partial charge < -0.3 is 10.1 Å². The highest BCUT2D eigenvalue weighted by Crippen LogP contribution is 2.38. The van der Waals surface area contributed by atoms with E-state index in [4.69, 9.17) is 4.74 Å². The number of hydrogen-bond acceptors (Lipinski definition) is 3. The van der Waals surface area contributed by atoms with Gasteiger partial charge in [0.1, 0.15) is 0 Å². The molecule has 0 spiro atoms. The molecule has 2 unspecified atom stereocenters. The molecule has 0 amide bonds. The monoisotopic (exact) mass is 239 g/mol. The van der Waals surface area contributed by atoms with Crippen LogP contribution in [0.5, 0.6) is 0 Å². The lowest BCUT2D eigenvalue weighted by molar-refractivity contribution is -0.0884. The molecule has 1 fully saturated rings. The Morgan fingerprint density at radius 2 is 2.31 bits per heavy atom. The lowest BCUT2D eigenvalue weighted by atomic mass is 9.84. The standard InChI is InChI=1S/C13H21NOS/c1-10-11(6-9-16-10)12(14-3)13(2)7-4-5-8-15-13/h6,9,12,14H,4-5,7-8H2,1-3H3. The number of nitrogens with one attached hydrogen (secondary N) is 1. The molecule has 0 aliphatic carbocycles. The SMILES string of the molecule is CNC(c1ccsc1C)C1(C)CCCCO1. The van der Waals surface area contributed by atoms with Gasteiger partial charge in [-0.2, -0.15) is 0 Å². The van der Waals surface area contributed by atoms with Gasteiger partial charge in [0, 0.05) is 11.5 Å². The second-order valence-corrected chi connectivity index (χ2v) is 5.89. The smallest absolute Gasteiger partial charge is 0.0848 e. The van der Waals surface area contributed by atoms with Crippen molar-refractivity contribution < 1.29 is 4.74 Å². The lowest BCUT2D eigenvalue weighted by Crippen LogP contribution is -2.44. The summed E-state index contributed by atoms with van der Waals surface area (Å²) in [7, 11) is 2.03. The van der Waals surface area contributed by atoms with Gasteiger partial charge in [0.2, 0.25) is 0 Å². The van der Waals surface area contributed by atoms with Crippen molar-refractivity contribution in [1.29, 1.82) is 0 Å². The molecule has 2 nitrogen and oxygen atoms in total. The van der Waals surface area contributed by atoms with Crippen molar-refractivity contribution in [3.05, 3.63) is 21.9 Å². The van der Waals surface area contributed by atoms with E-state index < -0.39 is 0 Å². The second-order valence-electron chi connectivity index (χ2n) is 4.77. The summed E-state index contributed by atoms with van der Waals surface area (Å²) < 4.78 is 6.04. The first-order valence-electron chi connectivity index (χ1n) is 6.02. The number of hydrogen-bond donors (Lipinski definition) is 1. The molecule has 1 aliphatic heterocycles. The van der Waals surface area contributed by atoms with Crippen LogP contribution in [0.3, 0.4) is 0 Å². The minimum absolute atomic E-state index is 0.0428. The maximum atomic E-state index is 6.04. The largest absolute Gasteiger partial charge is 0.373 e. The molecule has 1 aliphatic rings. The van der Waals surface area contributed by atoms with Crippen LogP contribution < -0.4 is 5.32 Å². The predicted molar refractivity (Wildman–Crippen MR) is 69.1 cm³/mol. The van der Waals surface area contributed by atoms with E-state index in [1.807, 2.05) is 18.4 Å². The van der Waals surface area contributed by atoms with E-state index in [1.165, 1.54) is 23.3 Å². The third-order valence-corrected chi connectivity index (χ3v) is 4.47. The van der Waals surface area contributed by atoms with Crippen molar-refractivity contribution in [3.63, 3.8) is 0 Å². The van der Waals surface area contributed by atoms with Gasteiger partial charge in [-0.1, -0.05) is 0 Å². The van der Waals surface area contributed by atoms with Gasteiger partial charge in [0.25, 0.3) is 0 Å². The van der Waals surface area contributed by atoms with Gasteiger partial charge in [-0.25, -0.2) is 0 Å². The number of rotatable bonds is 3. The molecule has 16 heavy (non-hydrogen) atoms. The molecule has 1 aromatic heterocycles. The zero-order chi connectivity index (χ0) is 11.6. The van der Waals surface area contributed by atoms with Crippen molar-refractivity contribution in [2.24, 2.45) is 0 Å². The van der Waals surface area contributed by atoms with E-state index in [0.29, 0.717) is 6.04 Å². The molecule has 1 N–H and O–H groups in total. The fourth-order valence-corrected chi connectivity index (χ4v) is 3.41. The van der Waals surface area contributed by atoms with Gasteiger partial charge >= 0.3 is 0 Å². The summed E-state index contributed by atoms with van der Waals surface area (Å²) in [5.41, 5.74) is 1.36. The van der Waals surface area contributed by atoms with Crippen LogP contribution in [0.15, 0.2) is 11.4 Å². The lowest BCUT2D eigenvalue weighted by Gasteiger charge is -2.40. The van der Waals surface area contributed by atoms with Crippen LogP contribution in [0.1, 0.15) is 42.7 Å². The van der Waals surface area contributed by atoms with Crippen molar-refractivity contribution in [2.75, 3.05) is 13.7 Å². The number of ether oxygens (including phenoxy) is 1. The molecule has 2 atom stereocenters. The minimum Gasteiger partial charge on any atom is -0.373 e. The Balaban J connectivity index is 2.24. The fraction of sp³-hybridized carbons (Fsp3) is 0.692. The predicted octanol–water partition coefficient (Wildman–Crippen LogP) is 3.28. The molecule has 0 radical (unpaired) electrons. The van der Waals surface area contributed by atoms with E-state index in [0.717, 1.165) is 13.0 Å². The first-order valence-corrected chi connectivity index (χ1v) is 6.90. The first-order chi connectivity index (χ1) is 7.67. The summed E-state index contributed by atoms with van der Waals surface area (Å²) in [5.74, 6) is 0. The average Bonchev–Trinajstić information content (AvgIpc) is 2.67. The Kier molecular flexibility index (Phi) is 3.67. The van der Waals surface area contributed by atoms with Crippen molar-refractivity contribution in [1.82, 2.24) is 5.32 Å². The van der Waals surface area contributed by atoms with Crippen molar-refractivity contribution >= 4 is 11.3 Å². The van der Waals surface area contributed by atoms with Crippen molar-refractivity contribution in [2.45, 2.75) is 44.8 Å². The molecule has 0 saturated carbocycles. The molecular formula is C13H21NOS. The molecule has 3 heteroatoms. The molecule has 2 heterocycles. The maximum absolute atomic E-state index is 6.04. The quantitative estimate of drug-likeness (QED) is 0.874. The van der Waals surface area contributed by atoms with Crippen LogP contribution in [-0.4, -0.2) is 19.3 Å². The Morgan fingerprint density at radius 1 is 1.50 bits per heavy atom. The summed E-state index contributed by atoms with van der Waals surface area (Å²) in [5, 5.41) is 5.61. The van der Waals surface area contributed by atoms with E-state index in [1.54, 1.807) is 0 Å². The Labute approximate surface area is 102 Å². The van der Waals surface area contributed by atoms with Gasteiger partial charge in [0.15, 0.2) is 0 Å². The van der Waals surface area contributed by atoms with E-state index in [9.17, 15) is 0 Å². The van der Waals surface area contributed by atoms with Gasteiger partial charge in [-0.15, -0.1) is 11.3 Å². The van der Waals surface area contributed by atoms with E-state index in [2.05, 4.69) is 30.6 Å². The average molecular weight is 239 g/mol. The van der Waals surface area contributed by atoms with Gasteiger partial charge in [-0.3, -0.25) is 0 Å². The van der Waals surface area contributed by atoms with Crippen LogP contribution in [-0.2, 0) is 4.74 Å². The molecule has 1 saturated heterocycles. The van der Waals surface area contributed by atoms with Crippen LogP contribution in [0.25, 0.3) is 0 Å². The van der Waals surface area contributed by atoms with Crippen LogP contribution in [0.4, 0.5) is 0 Å². The summed E-state index contributed by atoms with van der Waals surface area (Å²) in [6.45, 7) is 5.33.